The van der Waals surface area contributed by atoms with Crippen LogP contribution in [-0.4, -0.2) is 18.2 Å². The Morgan fingerprint density at radius 1 is 1.50 bits per heavy atom. The van der Waals surface area contributed by atoms with Crippen molar-refractivity contribution in [2.24, 2.45) is 0 Å². The topological polar surface area (TPSA) is 22.1 Å². The molecule has 0 atom stereocenters. The molecule has 0 saturated heterocycles. The lowest BCUT2D eigenvalue weighted by atomic mass is 10.0. The Hall–Kier alpha value is -0.860. The SMILES string of the molecule is Cc1ncc(Cl)cc1C1=CCOCC1. The first-order chi connectivity index (χ1) is 6.77. The maximum absolute atomic E-state index is 5.92. The average Bonchev–Trinajstić information content (AvgIpc) is 2.23. The van der Waals surface area contributed by atoms with E-state index in [1.54, 1.807) is 6.20 Å². The van der Waals surface area contributed by atoms with Crippen molar-refractivity contribution in [2.75, 3.05) is 13.2 Å². The van der Waals surface area contributed by atoms with Gasteiger partial charge in [0.05, 0.1) is 18.2 Å². The number of ether oxygens (including phenoxy) is 1. The van der Waals surface area contributed by atoms with Crippen LogP contribution in [0.5, 0.6) is 0 Å². The third kappa shape index (κ3) is 1.97. The van der Waals surface area contributed by atoms with Crippen LogP contribution in [0, 0.1) is 6.92 Å². The number of aryl methyl sites for hydroxylation is 1. The molecule has 0 radical (unpaired) electrons. The molecule has 2 heterocycles. The molecule has 1 aromatic heterocycles. The fourth-order valence-electron chi connectivity index (χ4n) is 1.60. The highest BCUT2D eigenvalue weighted by Gasteiger charge is 2.09. The highest BCUT2D eigenvalue weighted by Crippen LogP contribution is 2.25. The van der Waals surface area contributed by atoms with Gasteiger partial charge in [0, 0.05) is 17.5 Å². The van der Waals surface area contributed by atoms with Crippen LogP contribution in [0.15, 0.2) is 18.3 Å². The van der Waals surface area contributed by atoms with Gasteiger partial charge in [0.1, 0.15) is 0 Å². The van der Waals surface area contributed by atoms with Crippen LogP contribution in [-0.2, 0) is 4.74 Å². The highest BCUT2D eigenvalue weighted by atomic mass is 35.5. The molecule has 0 aromatic carbocycles. The Labute approximate surface area is 88.6 Å². The summed E-state index contributed by atoms with van der Waals surface area (Å²) in [5.41, 5.74) is 3.48. The van der Waals surface area contributed by atoms with E-state index in [1.165, 1.54) is 5.57 Å². The Balaban J connectivity index is 2.39. The summed E-state index contributed by atoms with van der Waals surface area (Å²) in [6, 6.07) is 1.97. The van der Waals surface area contributed by atoms with Crippen LogP contribution in [0.2, 0.25) is 5.02 Å². The molecule has 0 spiro atoms. The monoisotopic (exact) mass is 209 g/mol. The van der Waals surface area contributed by atoms with E-state index in [1.807, 2.05) is 13.0 Å². The molecular formula is C11H12ClNO. The highest BCUT2D eigenvalue weighted by molar-refractivity contribution is 6.30. The quantitative estimate of drug-likeness (QED) is 0.710. The minimum Gasteiger partial charge on any atom is -0.377 e. The Bertz CT molecular complexity index is 374. The molecule has 2 rings (SSSR count). The summed E-state index contributed by atoms with van der Waals surface area (Å²) in [6.45, 7) is 3.49. The second-order valence-electron chi connectivity index (χ2n) is 3.34. The number of pyridine rings is 1. The van der Waals surface area contributed by atoms with E-state index in [-0.39, 0.29) is 0 Å². The predicted octanol–water partition coefficient (Wildman–Crippen LogP) is 2.85. The number of nitrogens with zero attached hydrogens (tertiary/aromatic N) is 1. The average molecular weight is 210 g/mol. The van der Waals surface area contributed by atoms with Crippen LogP contribution >= 0.6 is 11.6 Å². The van der Waals surface area contributed by atoms with Gasteiger partial charge in [0.25, 0.3) is 0 Å². The molecule has 0 saturated carbocycles. The molecule has 3 heteroatoms. The number of rotatable bonds is 1. The van der Waals surface area contributed by atoms with E-state index in [2.05, 4.69) is 11.1 Å². The van der Waals surface area contributed by atoms with Crippen LogP contribution in [0.25, 0.3) is 5.57 Å². The van der Waals surface area contributed by atoms with Gasteiger partial charge in [-0.3, -0.25) is 4.98 Å². The molecule has 1 aromatic rings. The van der Waals surface area contributed by atoms with Crippen LogP contribution in [0.1, 0.15) is 17.7 Å². The number of halogens is 1. The lowest BCUT2D eigenvalue weighted by molar-refractivity contribution is 0.161. The summed E-state index contributed by atoms with van der Waals surface area (Å²) in [5.74, 6) is 0. The lowest BCUT2D eigenvalue weighted by Crippen LogP contribution is -2.05. The zero-order chi connectivity index (χ0) is 9.97. The van der Waals surface area contributed by atoms with Crippen molar-refractivity contribution in [3.05, 3.63) is 34.6 Å². The van der Waals surface area contributed by atoms with Crippen LogP contribution in [0.4, 0.5) is 0 Å². The lowest BCUT2D eigenvalue weighted by Gasteiger charge is -2.15. The van der Waals surface area contributed by atoms with Crippen molar-refractivity contribution in [1.82, 2.24) is 4.98 Å². The summed E-state index contributed by atoms with van der Waals surface area (Å²) in [6.07, 6.45) is 4.73. The van der Waals surface area contributed by atoms with E-state index in [9.17, 15) is 0 Å². The summed E-state index contributed by atoms with van der Waals surface area (Å²) in [4.78, 5) is 4.24. The van der Waals surface area contributed by atoms with Gasteiger partial charge >= 0.3 is 0 Å². The normalized spacial score (nSPS) is 16.6. The molecule has 1 aliphatic rings. The third-order valence-electron chi connectivity index (χ3n) is 2.36. The van der Waals surface area contributed by atoms with Crippen molar-refractivity contribution in [3.8, 4) is 0 Å². The second-order valence-corrected chi connectivity index (χ2v) is 3.78. The standard InChI is InChI=1S/C11H12ClNO/c1-8-11(6-10(12)7-13-8)9-2-4-14-5-3-9/h2,6-7H,3-5H2,1H3. The molecule has 0 amide bonds. The molecule has 0 aliphatic carbocycles. The van der Waals surface area contributed by atoms with Gasteiger partial charge in [0.15, 0.2) is 0 Å². The fraction of sp³-hybridized carbons (Fsp3) is 0.364. The zero-order valence-corrected chi connectivity index (χ0v) is 8.84. The predicted molar refractivity (Wildman–Crippen MR) is 57.4 cm³/mol. The molecule has 0 fully saturated rings. The van der Waals surface area contributed by atoms with Crippen molar-refractivity contribution >= 4 is 17.2 Å². The van der Waals surface area contributed by atoms with Crippen molar-refractivity contribution in [3.63, 3.8) is 0 Å². The van der Waals surface area contributed by atoms with E-state index < -0.39 is 0 Å². The Morgan fingerprint density at radius 2 is 2.36 bits per heavy atom. The molecule has 0 N–H and O–H groups in total. The van der Waals surface area contributed by atoms with Gasteiger partial charge < -0.3 is 4.74 Å². The van der Waals surface area contributed by atoms with Crippen molar-refractivity contribution < 1.29 is 4.74 Å². The maximum Gasteiger partial charge on any atom is 0.0653 e. The largest absolute Gasteiger partial charge is 0.377 e. The fourth-order valence-corrected chi connectivity index (χ4v) is 1.76. The van der Waals surface area contributed by atoms with Crippen LogP contribution < -0.4 is 0 Å². The van der Waals surface area contributed by atoms with Gasteiger partial charge in [0.2, 0.25) is 0 Å². The molecule has 74 valence electrons. The van der Waals surface area contributed by atoms with Crippen molar-refractivity contribution in [1.29, 1.82) is 0 Å². The molecule has 0 unspecified atom stereocenters. The molecular weight excluding hydrogens is 198 g/mol. The molecule has 14 heavy (non-hydrogen) atoms. The van der Waals surface area contributed by atoms with E-state index >= 15 is 0 Å². The minimum absolute atomic E-state index is 0.693. The minimum atomic E-state index is 0.693. The van der Waals surface area contributed by atoms with E-state index in [4.69, 9.17) is 16.3 Å². The van der Waals surface area contributed by atoms with Gasteiger partial charge in [-0.15, -0.1) is 0 Å². The van der Waals surface area contributed by atoms with E-state index in [0.717, 1.165) is 24.3 Å². The Morgan fingerprint density at radius 3 is 3.07 bits per heavy atom. The molecule has 1 aliphatic heterocycles. The van der Waals surface area contributed by atoms with Gasteiger partial charge in [-0.25, -0.2) is 0 Å². The number of aromatic nitrogens is 1. The number of hydrogen-bond donors (Lipinski definition) is 0. The van der Waals surface area contributed by atoms with Gasteiger partial charge in [-0.05, 0) is 25.0 Å². The first-order valence-electron chi connectivity index (χ1n) is 4.66. The maximum atomic E-state index is 5.92. The summed E-state index contributed by atoms with van der Waals surface area (Å²) in [7, 11) is 0. The summed E-state index contributed by atoms with van der Waals surface area (Å²) >= 11 is 5.92. The summed E-state index contributed by atoms with van der Waals surface area (Å²) in [5, 5.41) is 0.693. The molecule has 0 bridgehead atoms. The first-order valence-corrected chi connectivity index (χ1v) is 5.04. The van der Waals surface area contributed by atoms with E-state index in [0.29, 0.717) is 11.6 Å². The first kappa shape index (κ1) is 9.69. The number of hydrogen-bond acceptors (Lipinski definition) is 2. The van der Waals surface area contributed by atoms with Crippen molar-refractivity contribution in [2.45, 2.75) is 13.3 Å². The Kier molecular flexibility index (Phi) is 2.85. The molecule has 2 nitrogen and oxygen atoms in total. The zero-order valence-electron chi connectivity index (χ0n) is 8.09. The third-order valence-corrected chi connectivity index (χ3v) is 2.57. The van der Waals surface area contributed by atoms with Gasteiger partial charge in [-0.2, -0.15) is 0 Å². The van der Waals surface area contributed by atoms with Gasteiger partial charge in [-0.1, -0.05) is 17.7 Å². The van der Waals surface area contributed by atoms with Crippen LogP contribution in [0.3, 0.4) is 0 Å². The second kappa shape index (κ2) is 4.11. The smallest absolute Gasteiger partial charge is 0.0653 e. The summed E-state index contributed by atoms with van der Waals surface area (Å²) < 4.78 is 5.26.